The Morgan fingerprint density at radius 2 is 2.20 bits per heavy atom. The van der Waals surface area contributed by atoms with Gasteiger partial charge in [-0.25, -0.2) is 9.97 Å². The van der Waals surface area contributed by atoms with Gasteiger partial charge in [0, 0.05) is 25.2 Å². The molecule has 25 heavy (non-hydrogen) atoms. The van der Waals surface area contributed by atoms with Crippen LogP contribution in [0.2, 0.25) is 0 Å². The molecular formula is C19H20N4O2. The van der Waals surface area contributed by atoms with Crippen LogP contribution in [-0.4, -0.2) is 44.0 Å². The van der Waals surface area contributed by atoms with Gasteiger partial charge in [-0.05, 0) is 43.5 Å². The average Bonchev–Trinajstić information content (AvgIpc) is 3.07. The molecule has 0 spiro atoms. The highest BCUT2D eigenvalue weighted by Gasteiger charge is 2.29. The van der Waals surface area contributed by atoms with Gasteiger partial charge in [0.2, 0.25) is 0 Å². The van der Waals surface area contributed by atoms with Crippen LogP contribution in [0.25, 0.3) is 11.0 Å². The number of likely N-dealkylation sites (tertiary alicyclic amines) is 1. The summed E-state index contributed by atoms with van der Waals surface area (Å²) in [5.74, 6) is 0.784. The van der Waals surface area contributed by atoms with Crippen molar-refractivity contribution in [2.75, 3.05) is 13.1 Å². The standard InChI is InChI=1S/C19H20N4O2/c1-12-5-2-7-14-16(12)22-18(21-14)13-6-4-10-23(11-13)19(25)17-15(24)8-3-9-20-17/h2-3,5,7-9,13,24H,4,6,10-11H2,1H3,(H,21,22)/t13-/m0/s1. The average molecular weight is 336 g/mol. The second kappa shape index (κ2) is 6.20. The third-order valence-corrected chi connectivity index (χ3v) is 4.82. The lowest BCUT2D eigenvalue weighted by atomic mass is 9.97. The molecule has 6 nitrogen and oxygen atoms in total. The van der Waals surface area contributed by atoms with Crippen molar-refractivity contribution < 1.29 is 9.90 Å². The van der Waals surface area contributed by atoms with Gasteiger partial charge in [0.05, 0.1) is 11.0 Å². The molecule has 2 aromatic heterocycles. The molecule has 1 aliphatic heterocycles. The Bertz CT molecular complexity index is 934. The maximum absolute atomic E-state index is 12.7. The minimum absolute atomic E-state index is 0.0750. The summed E-state index contributed by atoms with van der Waals surface area (Å²) in [5.41, 5.74) is 3.27. The van der Waals surface area contributed by atoms with Crippen LogP contribution in [0.1, 0.15) is 40.6 Å². The molecule has 1 aromatic carbocycles. The Morgan fingerprint density at radius 1 is 1.32 bits per heavy atom. The number of H-pyrrole nitrogens is 1. The molecule has 4 rings (SSSR count). The molecule has 0 saturated carbocycles. The summed E-state index contributed by atoms with van der Waals surface area (Å²) < 4.78 is 0. The summed E-state index contributed by atoms with van der Waals surface area (Å²) >= 11 is 0. The maximum atomic E-state index is 12.7. The van der Waals surface area contributed by atoms with Gasteiger partial charge in [-0.1, -0.05) is 12.1 Å². The Kier molecular flexibility index (Phi) is 3.87. The molecule has 0 aliphatic carbocycles. The molecule has 128 valence electrons. The Balaban J connectivity index is 1.59. The molecule has 1 amide bonds. The largest absolute Gasteiger partial charge is 0.505 e. The fourth-order valence-electron chi connectivity index (χ4n) is 3.48. The number of para-hydroxylation sites is 1. The van der Waals surface area contributed by atoms with Crippen molar-refractivity contribution in [1.82, 2.24) is 19.9 Å². The van der Waals surface area contributed by atoms with Crippen LogP contribution in [0.15, 0.2) is 36.5 Å². The lowest BCUT2D eigenvalue weighted by molar-refractivity contribution is 0.0695. The molecule has 1 aliphatic rings. The first-order valence-corrected chi connectivity index (χ1v) is 8.52. The second-order valence-corrected chi connectivity index (χ2v) is 6.55. The van der Waals surface area contributed by atoms with Crippen molar-refractivity contribution in [2.45, 2.75) is 25.7 Å². The molecule has 2 N–H and O–H groups in total. The zero-order chi connectivity index (χ0) is 17.4. The number of pyridine rings is 1. The van der Waals surface area contributed by atoms with E-state index in [0.717, 1.165) is 35.3 Å². The number of hydrogen-bond donors (Lipinski definition) is 2. The molecule has 3 aromatic rings. The third-order valence-electron chi connectivity index (χ3n) is 4.82. The van der Waals surface area contributed by atoms with E-state index < -0.39 is 0 Å². The van der Waals surface area contributed by atoms with Gasteiger partial charge in [-0.2, -0.15) is 0 Å². The first-order valence-electron chi connectivity index (χ1n) is 8.52. The number of piperidine rings is 1. The van der Waals surface area contributed by atoms with Crippen LogP contribution in [0.4, 0.5) is 0 Å². The normalized spacial score (nSPS) is 17.8. The molecular weight excluding hydrogens is 316 g/mol. The maximum Gasteiger partial charge on any atom is 0.276 e. The summed E-state index contributed by atoms with van der Waals surface area (Å²) in [6.07, 6.45) is 3.41. The van der Waals surface area contributed by atoms with E-state index in [1.165, 1.54) is 12.3 Å². The predicted molar refractivity (Wildman–Crippen MR) is 94.6 cm³/mol. The quantitative estimate of drug-likeness (QED) is 0.754. The second-order valence-electron chi connectivity index (χ2n) is 6.55. The molecule has 0 bridgehead atoms. The fraction of sp³-hybridized carbons (Fsp3) is 0.316. The molecule has 3 heterocycles. The summed E-state index contributed by atoms with van der Waals surface area (Å²) in [7, 11) is 0. The minimum atomic E-state index is -0.227. The van der Waals surface area contributed by atoms with Gasteiger partial charge in [0.1, 0.15) is 11.6 Å². The van der Waals surface area contributed by atoms with Crippen LogP contribution < -0.4 is 0 Å². The Morgan fingerprint density at radius 3 is 3.00 bits per heavy atom. The monoisotopic (exact) mass is 336 g/mol. The van der Waals surface area contributed by atoms with Crippen LogP contribution >= 0.6 is 0 Å². The van der Waals surface area contributed by atoms with Crippen molar-refractivity contribution >= 4 is 16.9 Å². The molecule has 1 fully saturated rings. The van der Waals surface area contributed by atoms with E-state index in [0.29, 0.717) is 13.1 Å². The van der Waals surface area contributed by atoms with E-state index in [1.54, 1.807) is 11.0 Å². The van der Waals surface area contributed by atoms with E-state index >= 15 is 0 Å². The van der Waals surface area contributed by atoms with Crippen molar-refractivity contribution in [2.24, 2.45) is 0 Å². The number of aromatic hydroxyl groups is 1. The smallest absolute Gasteiger partial charge is 0.276 e. The molecule has 0 unspecified atom stereocenters. The van der Waals surface area contributed by atoms with Crippen LogP contribution in [-0.2, 0) is 0 Å². The third kappa shape index (κ3) is 2.84. The first kappa shape index (κ1) is 15.6. The highest BCUT2D eigenvalue weighted by molar-refractivity contribution is 5.94. The number of nitrogens with one attached hydrogen (secondary N) is 1. The number of amides is 1. The van der Waals surface area contributed by atoms with Crippen molar-refractivity contribution in [3.8, 4) is 5.75 Å². The Labute approximate surface area is 145 Å². The van der Waals surface area contributed by atoms with Gasteiger partial charge in [0.15, 0.2) is 5.69 Å². The SMILES string of the molecule is Cc1cccc2[nH]c([C@H]3CCCN(C(=O)c4ncccc4O)C3)nc12. The lowest BCUT2D eigenvalue weighted by Gasteiger charge is -2.31. The number of carbonyl (C=O) groups is 1. The summed E-state index contributed by atoms with van der Waals surface area (Å²) in [6.45, 7) is 3.30. The fourth-order valence-corrected chi connectivity index (χ4v) is 3.48. The molecule has 0 radical (unpaired) electrons. The Hall–Kier alpha value is -2.89. The van der Waals surface area contributed by atoms with Crippen molar-refractivity contribution in [3.63, 3.8) is 0 Å². The molecule has 6 heteroatoms. The van der Waals surface area contributed by atoms with Gasteiger partial charge < -0.3 is 15.0 Å². The number of aromatic amines is 1. The topological polar surface area (TPSA) is 82.1 Å². The predicted octanol–water partition coefficient (Wildman–Crippen LogP) is 2.99. The van der Waals surface area contributed by atoms with Gasteiger partial charge in [0.25, 0.3) is 5.91 Å². The first-order chi connectivity index (χ1) is 12.1. The number of fused-ring (bicyclic) bond motifs is 1. The number of carbonyl (C=O) groups excluding carboxylic acids is 1. The number of rotatable bonds is 2. The van der Waals surface area contributed by atoms with Gasteiger partial charge in [-0.3, -0.25) is 4.79 Å². The van der Waals surface area contributed by atoms with Crippen molar-refractivity contribution in [3.05, 3.63) is 53.6 Å². The zero-order valence-electron chi connectivity index (χ0n) is 14.1. The highest BCUT2D eigenvalue weighted by atomic mass is 16.3. The molecule has 1 saturated heterocycles. The number of imidazole rings is 1. The van der Waals surface area contributed by atoms with Crippen molar-refractivity contribution in [1.29, 1.82) is 0 Å². The van der Waals surface area contributed by atoms with E-state index in [9.17, 15) is 9.90 Å². The number of aryl methyl sites for hydroxylation is 1. The van der Waals surface area contributed by atoms with Crippen LogP contribution in [0.5, 0.6) is 5.75 Å². The summed E-state index contributed by atoms with van der Waals surface area (Å²) in [5, 5.41) is 9.89. The van der Waals surface area contributed by atoms with E-state index in [-0.39, 0.29) is 23.3 Å². The number of aromatic nitrogens is 3. The highest BCUT2D eigenvalue weighted by Crippen LogP contribution is 2.29. The summed E-state index contributed by atoms with van der Waals surface area (Å²) in [6, 6.07) is 9.19. The minimum Gasteiger partial charge on any atom is -0.505 e. The van der Waals surface area contributed by atoms with Crippen LogP contribution in [0.3, 0.4) is 0 Å². The lowest BCUT2D eigenvalue weighted by Crippen LogP contribution is -2.39. The van der Waals surface area contributed by atoms with E-state index in [2.05, 4.69) is 9.97 Å². The molecule has 1 atom stereocenters. The van der Waals surface area contributed by atoms with Crippen LogP contribution in [0, 0.1) is 6.92 Å². The zero-order valence-corrected chi connectivity index (χ0v) is 14.1. The summed E-state index contributed by atoms with van der Waals surface area (Å²) in [4.78, 5) is 26.7. The van der Waals surface area contributed by atoms with E-state index in [4.69, 9.17) is 4.98 Å². The van der Waals surface area contributed by atoms with Gasteiger partial charge in [-0.15, -0.1) is 0 Å². The number of benzene rings is 1. The van der Waals surface area contributed by atoms with Gasteiger partial charge >= 0.3 is 0 Å². The number of hydrogen-bond acceptors (Lipinski definition) is 4. The number of nitrogens with zero attached hydrogens (tertiary/aromatic N) is 3. The van der Waals surface area contributed by atoms with E-state index in [1.807, 2.05) is 25.1 Å².